The average Bonchev–Trinajstić information content (AvgIpc) is 2.17. The van der Waals surface area contributed by atoms with Crippen LogP contribution >= 0.6 is 0 Å². The summed E-state index contributed by atoms with van der Waals surface area (Å²) in [7, 11) is 0. The summed E-state index contributed by atoms with van der Waals surface area (Å²) in [5, 5.41) is 0. The predicted molar refractivity (Wildman–Crippen MR) is 63.4 cm³/mol. The molecule has 2 atom stereocenters. The van der Waals surface area contributed by atoms with Gasteiger partial charge in [-0.15, -0.1) is 0 Å². The molecule has 82 valence electrons. The molecule has 0 saturated carbocycles. The van der Waals surface area contributed by atoms with Crippen molar-refractivity contribution in [2.75, 3.05) is 18.0 Å². The average molecular weight is 205 g/mol. The summed E-state index contributed by atoms with van der Waals surface area (Å²) < 4.78 is 5.72. The summed E-state index contributed by atoms with van der Waals surface area (Å²) in [5.41, 5.74) is 2.62. The van der Waals surface area contributed by atoms with Crippen molar-refractivity contribution in [1.82, 2.24) is 0 Å². The Morgan fingerprint density at radius 2 is 1.60 bits per heavy atom. The first kappa shape index (κ1) is 10.5. The Morgan fingerprint density at radius 3 is 2.13 bits per heavy atom. The van der Waals surface area contributed by atoms with Gasteiger partial charge in [-0.3, -0.25) is 0 Å². The maximum atomic E-state index is 5.72. The Hall–Kier alpha value is -1.02. The van der Waals surface area contributed by atoms with E-state index in [4.69, 9.17) is 4.74 Å². The van der Waals surface area contributed by atoms with Crippen molar-refractivity contribution in [3.63, 3.8) is 0 Å². The summed E-state index contributed by atoms with van der Waals surface area (Å²) in [6.45, 7) is 8.38. The number of anilines is 1. The van der Waals surface area contributed by atoms with Crippen LogP contribution in [0.3, 0.4) is 0 Å². The highest BCUT2D eigenvalue weighted by atomic mass is 16.5. The van der Waals surface area contributed by atoms with Gasteiger partial charge in [-0.05, 0) is 32.9 Å². The first-order chi connectivity index (χ1) is 7.15. The molecule has 2 rings (SSSR count). The second-order valence-electron chi connectivity index (χ2n) is 4.50. The maximum Gasteiger partial charge on any atom is 0.0726 e. The zero-order chi connectivity index (χ0) is 10.8. The van der Waals surface area contributed by atoms with Gasteiger partial charge in [0, 0.05) is 18.8 Å². The SMILES string of the molecule is Cc1ccc(N2CC(C)O[C@@H](C)C2)cc1. The number of hydrogen-bond donors (Lipinski definition) is 0. The molecule has 0 radical (unpaired) electrons. The minimum absolute atomic E-state index is 0.329. The van der Waals surface area contributed by atoms with Gasteiger partial charge in [0.15, 0.2) is 0 Å². The molecule has 2 nitrogen and oxygen atoms in total. The van der Waals surface area contributed by atoms with Crippen LogP contribution in [0, 0.1) is 6.92 Å². The Morgan fingerprint density at radius 1 is 1.07 bits per heavy atom. The fourth-order valence-corrected chi connectivity index (χ4v) is 2.14. The standard InChI is InChI=1S/C13H19NO/c1-10-4-6-13(7-5-10)14-8-11(2)15-12(3)9-14/h4-7,11-12H,8-9H2,1-3H3/t11-,12?/m0/s1. The van der Waals surface area contributed by atoms with Crippen LogP contribution in [0.2, 0.25) is 0 Å². The number of hydrogen-bond acceptors (Lipinski definition) is 2. The molecule has 2 heteroatoms. The third-order valence-electron chi connectivity index (χ3n) is 2.82. The highest BCUT2D eigenvalue weighted by Crippen LogP contribution is 2.20. The van der Waals surface area contributed by atoms with Crippen molar-refractivity contribution in [3.8, 4) is 0 Å². The molecule has 0 bridgehead atoms. The topological polar surface area (TPSA) is 12.5 Å². The normalized spacial score (nSPS) is 26.7. The fourth-order valence-electron chi connectivity index (χ4n) is 2.14. The van der Waals surface area contributed by atoms with E-state index in [1.54, 1.807) is 0 Å². The van der Waals surface area contributed by atoms with Crippen molar-refractivity contribution in [2.24, 2.45) is 0 Å². The van der Waals surface area contributed by atoms with Crippen LogP contribution in [0.1, 0.15) is 19.4 Å². The number of rotatable bonds is 1. The van der Waals surface area contributed by atoms with Gasteiger partial charge in [0.25, 0.3) is 0 Å². The van der Waals surface area contributed by atoms with E-state index in [0.29, 0.717) is 12.2 Å². The molecule has 1 fully saturated rings. The van der Waals surface area contributed by atoms with Gasteiger partial charge in [-0.25, -0.2) is 0 Å². The van der Waals surface area contributed by atoms with Crippen molar-refractivity contribution in [3.05, 3.63) is 29.8 Å². The Kier molecular flexibility index (Phi) is 2.96. The number of aryl methyl sites for hydroxylation is 1. The zero-order valence-electron chi connectivity index (χ0n) is 9.73. The summed E-state index contributed by atoms with van der Waals surface area (Å²) in [5.74, 6) is 0. The summed E-state index contributed by atoms with van der Waals surface area (Å²) in [6.07, 6.45) is 0.658. The molecule has 0 spiro atoms. The molecule has 15 heavy (non-hydrogen) atoms. The lowest BCUT2D eigenvalue weighted by Gasteiger charge is -2.36. The van der Waals surface area contributed by atoms with Gasteiger partial charge in [0.1, 0.15) is 0 Å². The molecule has 0 N–H and O–H groups in total. The van der Waals surface area contributed by atoms with Gasteiger partial charge in [-0.1, -0.05) is 17.7 Å². The van der Waals surface area contributed by atoms with Gasteiger partial charge in [0.05, 0.1) is 12.2 Å². The lowest BCUT2D eigenvalue weighted by Crippen LogP contribution is -2.45. The molecule has 1 aliphatic heterocycles. The molecule has 0 amide bonds. The molecule has 1 aliphatic rings. The van der Waals surface area contributed by atoms with Gasteiger partial charge in [0.2, 0.25) is 0 Å². The molecule has 1 saturated heterocycles. The van der Waals surface area contributed by atoms with Crippen molar-refractivity contribution in [2.45, 2.75) is 33.0 Å². The molecule has 1 unspecified atom stereocenters. The van der Waals surface area contributed by atoms with Crippen molar-refractivity contribution >= 4 is 5.69 Å². The van der Waals surface area contributed by atoms with Gasteiger partial charge < -0.3 is 9.64 Å². The van der Waals surface area contributed by atoms with E-state index in [1.165, 1.54) is 11.3 Å². The second-order valence-corrected chi connectivity index (χ2v) is 4.50. The molecular formula is C13H19NO. The summed E-state index contributed by atoms with van der Waals surface area (Å²) in [4.78, 5) is 2.40. The predicted octanol–water partition coefficient (Wildman–Crippen LogP) is 2.61. The number of benzene rings is 1. The van der Waals surface area contributed by atoms with Gasteiger partial charge in [-0.2, -0.15) is 0 Å². The lowest BCUT2D eigenvalue weighted by molar-refractivity contribution is -0.00521. The minimum Gasteiger partial charge on any atom is -0.372 e. The number of ether oxygens (including phenoxy) is 1. The molecule has 1 heterocycles. The van der Waals surface area contributed by atoms with Crippen LogP contribution in [-0.2, 0) is 4.74 Å². The van der Waals surface area contributed by atoms with Crippen LogP contribution in [0.15, 0.2) is 24.3 Å². The van der Waals surface area contributed by atoms with E-state index in [0.717, 1.165) is 13.1 Å². The lowest BCUT2D eigenvalue weighted by atomic mass is 10.1. The Bertz CT molecular complexity index is 310. The van der Waals surface area contributed by atoms with Crippen LogP contribution < -0.4 is 4.90 Å². The first-order valence-electron chi connectivity index (χ1n) is 5.62. The Labute approximate surface area is 91.9 Å². The molecular weight excluding hydrogens is 186 g/mol. The number of morpholine rings is 1. The largest absolute Gasteiger partial charge is 0.372 e. The minimum atomic E-state index is 0.329. The molecule has 1 aromatic rings. The first-order valence-corrected chi connectivity index (χ1v) is 5.62. The van der Waals surface area contributed by atoms with Crippen LogP contribution in [0.4, 0.5) is 5.69 Å². The zero-order valence-corrected chi connectivity index (χ0v) is 9.73. The monoisotopic (exact) mass is 205 g/mol. The Balaban J connectivity index is 2.12. The third kappa shape index (κ3) is 2.51. The van der Waals surface area contributed by atoms with E-state index < -0.39 is 0 Å². The summed E-state index contributed by atoms with van der Waals surface area (Å²) in [6, 6.07) is 8.72. The van der Waals surface area contributed by atoms with E-state index in [9.17, 15) is 0 Å². The number of nitrogens with zero attached hydrogens (tertiary/aromatic N) is 1. The highest BCUT2D eigenvalue weighted by Gasteiger charge is 2.21. The molecule has 1 aromatic carbocycles. The van der Waals surface area contributed by atoms with E-state index in [-0.39, 0.29) is 0 Å². The molecule has 0 aliphatic carbocycles. The smallest absolute Gasteiger partial charge is 0.0726 e. The van der Waals surface area contributed by atoms with Crippen molar-refractivity contribution < 1.29 is 4.74 Å². The maximum absolute atomic E-state index is 5.72. The van der Waals surface area contributed by atoms with Crippen molar-refractivity contribution in [1.29, 1.82) is 0 Å². The van der Waals surface area contributed by atoms with Crippen LogP contribution in [-0.4, -0.2) is 25.3 Å². The van der Waals surface area contributed by atoms with E-state index in [1.807, 2.05) is 0 Å². The van der Waals surface area contributed by atoms with Crippen LogP contribution in [0.25, 0.3) is 0 Å². The van der Waals surface area contributed by atoms with E-state index in [2.05, 4.69) is 49.9 Å². The second kappa shape index (κ2) is 4.23. The molecule has 0 aromatic heterocycles. The van der Waals surface area contributed by atoms with Gasteiger partial charge >= 0.3 is 0 Å². The van der Waals surface area contributed by atoms with E-state index >= 15 is 0 Å². The fraction of sp³-hybridized carbons (Fsp3) is 0.538. The summed E-state index contributed by atoms with van der Waals surface area (Å²) >= 11 is 0. The highest BCUT2D eigenvalue weighted by molar-refractivity contribution is 5.48. The third-order valence-corrected chi connectivity index (χ3v) is 2.82. The quantitative estimate of drug-likeness (QED) is 0.698. The van der Waals surface area contributed by atoms with Crippen LogP contribution in [0.5, 0.6) is 0 Å².